The van der Waals surface area contributed by atoms with Crippen LogP contribution < -0.4 is 5.73 Å². The molecule has 1 atom stereocenters. The molecule has 0 amide bonds. The minimum atomic E-state index is -1.10. The van der Waals surface area contributed by atoms with Crippen molar-refractivity contribution in [2.45, 2.75) is 32.2 Å². The van der Waals surface area contributed by atoms with Crippen LogP contribution in [0.25, 0.3) is 0 Å². The quantitative estimate of drug-likeness (QED) is 0.349. The molecule has 24 heavy (non-hydrogen) atoms. The van der Waals surface area contributed by atoms with Crippen LogP contribution in [0.5, 0.6) is 11.5 Å². The van der Waals surface area contributed by atoms with Gasteiger partial charge in [0.05, 0.1) is 19.4 Å². The van der Waals surface area contributed by atoms with Gasteiger partial charge in [-0.15, -0.1) is 0 Å². The molecule has 1 rings (SSSR count). The minimum absolute atomic E-state index is 0.0385. The van der Waals surface area contributed by atoms with Crippen molar-refractivity contribution in [1.82, 2.24) is 0 Å². The Hall–Kier alpha value is -2.81. The summed E-state index contributed by atoms with van der Waals surface area (Å²) in [6, 6.07) is 3.09. The van der Waals surface area contributed by atoms with Crippen LogP contribution in [0.2, 0.25) is 0 Å². The summed E-state index contributed by atoms with van der Waals surface area (Å²) in [7, 11) is 0. The van der Waals surface area contributed by atoms with Crippen molar-refractivity contribution in [3.05, 3.63) is 23.8 Å². The predicted octanol–water partition coefficient (Wildman–Crippen LogP) is 0.466. The summed E-state index contributed by atoms with van der Waals surface area (Å²) in [4.78, 5) is 30.8. The zero-order valence-electron chi connectivity index (χ0n) is 13.1. The lowest BCUT2D eigenvalue weighted by Crippen LogP contribution is -2.32. The zero-order chi connectivity index (χ0) is 18.7. The number of phenols is 2. The van der Waals surface area contributed by atoms with Crippen LogP contribution in [-0.2, 0) is 25.5 Å². The number of nitrogens with two attached hydrogens (primary N) is 1. The normalized spacial score (nSPS) is 10.9. The van der Waals surface area contributed by atoms with Gasteiger partial charge in [0.1, 0.15) is 6.04 Å². The smallest absolute Gasteiger partial charge is 0.320 e. The maximum absolute atomic E-state index is 10.5. The highest BCUT2D eigenvalue weighted by Crippen LogP contribution is 2.25. The summed E-state index contributed by atoms with van der Waals surface area (Å²) in [5.41, 5.74) is 5.86. The Kier molecular flexibility index (Phi) is 9.57. The summed E-state index contributed by atoms with van der Waals surface area (Å²) in [6.45, 7) is 1.98. The molecule has 134 valence electrons. The Morgan fingerprint density at radius 1 is 1.12 bits per heavy atom. The van der Waals surface area contributed by atoms with Gasteiger partial charge in [0.15, 0.2) is 11.5 Å². The Bertz CT molecular complexity index is 573. The fourth-order valence-corrected chi connectivity index (χ4v) is 1.48. The highest BCUT2D eigenvalue weighted by molar-refractivity contribution is 5.76. The molecule has 9 nitrogen and oxygen atoms in total. The summed E-state index contributed by atoms with van der Waals surface area (Å²) in [5, 5.41) is 34.8. The third-order valence-corrected chi connectivity index (χ3v) is 2.66. The Morgan fingerprint density at radius 2 is 1.75 bits per heavy atom. The molecule has 0 radical (unpaired) electrons. The standard InChI is InChI=1S/C9H11NO4.C6H10O4/c10-6(9(13)14)3-5-1-2-7(11)8(12)4-5;1-2-10-6(9)4-3-5(7)8/h1-2,4,6,11-12H,3,10H2,(H,13,14);2-4H2,1H3,(H,7,8)/t6-;/m0./s1. The predicted molar refractivity (Wildman–Crippen MR) is 82.6 cm³/mol. The molecule has 0 unspecified atom stereocenters. The van der Waals surface area contributed by atoms with Crippen LogP contribution in [0.15, 0.2) is 18.2 Å². The van der Waals surface area contributed by atoms with Gasteiger partial charge in [0, 0.05) is 0 Å². The van der Waals surface area contributed by atoms with E-state index in [0.717, 1.165) is 0 Å². The van der Waals surface area contributed by atoms with Crippen LogP contribution in [0.3, 0.4) is 0 Å². The molecular weight excluding hydrogens is 322 g/mol. The van der Waals surface area contributed by atoms with Crippen molar-refractivity contribution in [3.8, 4) is 11.5 Å². The maximum Gasteiger partial charge on any atom is 0.320 e. The van der Waals surface area contributed by atoms with E-state index in [9.17, 15) is 14.4 Å². The average Bonchev–Trinajstić information content (AvgIpc) is 2.50. The molecule has 0 heterocycles. The lowest BCUT2D eigenvalue weighted by molar-refractivity contribution is -0.147. The van der Waals surface area contributed by atoms with Gasteiger partial charge in [0.25, 0.3) is 0 Å². The van der Waals surface area contributed by atoms with E-state index in [2.05, 4.69) is 4.74 Å². The number of carbonyl (C=O) groups excluding carboxylic acids is 1. The molecular formula is C15H21NO8. The average molecular weight is 343 g/mol. The monoisotopic (exact) mass is 343 g/mol. The molecule has 9 heteroatoms. The SMILES string of the molecule is CCOC(=O)CCC(=O)O.N[C@@H](Cc1ccc(O)c(O)c1)C(=O)O. The van der Waals surface area contributed by atoms with Crippen molar-refractivity contribution >= 4 is 17.9 Å². The van der Waals surface area contributed by atoms with E-state index in [-0.39, 0.29) is 30.8 Å². The van der Waals surface area contributed by atoms with Crippen molar-refractivity contribution in [2.24, 2.45) is 5.73 Å². The number of rotatable bonds is 7. The number of aromatic hydroxyl groups is 2. The molecule has 1 aromatic rings. The third-order valence-electron chi connectivity index (χ3n) is 2.66. The maximum atomic E-state index is 10.5. The van der Waals surface area contributed by atoms with E-state index in [0.29, 0.717) is 12.2 Å². The van der Waals surface area contributed by atoms with E-state index >= 15 is 0 Å². The van der Waals surface area contributed by atoms with E-state index < -0.39 is 23.9 Å². The van der Waals surface area contributed by atoms with E-state index in [1.165, 1.54) is 18.2 Å². The fraction of sp³-hybridized carbons (Fsp3) is 0.400. The van der Waals surface area contributed by atoms with Gasteiger partial charge in [-0.05, 0) is 31.0 Å². The number of phenolic OH excluding ortho intramolecular Hbond substituents is 2. The summed E-state index contributed by atoms with van der Waals surface area (Å²) >= 11 is 0. The lowest BCUT2D eigenvalue weighted by atomic mass is 10.1. The van der Waals surface area contributed by atoms with Crippen molar-refractivity contribution in [2.75, 3.05) is 6.61 Å². The van der Waals surface area contributed by atoms with Gasteiger partial charge in [0.2, 0.25) is 0 Å². The first kappa shape index (κ1) is 21.2. The Morgan fingerprint density at radius 3 is 2.21 bits per heavy atom. The molecule has 0 aromatic heterocycles. The molecule has 0 saturated carbocycles. The van der Waals surface area contributed by atoms with Gasteiger partial charge in [-0.25, -0.2) is 0 Å². The van der Waals surface area contributed by atoms with Crippen LogP contribution in [-0.4, -0.2) is 51.0 Å². The van der Waals surface area contributed by atoms with Gasteiger partial charge in [-0.2, -0.15) is 0 Å². The van der Waals surface area contributed by atoms with Crippen LogP contribution >= 0.6 is 0 Å². The van der Waals surface area contributed by atoms with E-state index in [1.807, 2.05) is 0 Å². The molecule has 0 aliphatic rings. The number of aliphatic carboxylic acids is 2. The third kappa shape index (κ3) is 9.26. The molecule has 0 bridgehead atoms. The second-order valence-electron chi connectivity index (χ2n) is 4.67. The molecule has 0 fully saturated rings. The molecule has 6 N–H and O–H groups in total. The number of hydrogen-bond acceptors (Lipinski definition) is 7. The van der Waals surface area contributed by atoms with Gasteiger partial charge < -0.3 is 30.9 Å². The molecule has 1 aromatic carbocycles. The molecule has 0 aliphatic heterocycles. The number of hydrogen-bond donors (Lipinski definition) is 5. The number of carbonyl (C=O) groups is 3. The topological polar surface area (TPSA) is 167 Å². The first-order valence-electron chi connectivity index (χ1n) is 7.04. The molecule has 0 spiro atoms. The number of ether oxygens (including phenoxy) is 1. The van der Waals surface area contributed by atoms with E-state index in [1.54, 1.807) is 6.92 Å². The number of carboxylic acid groups (broad SMARTS) is 2. The van der Waals surface area contributed by atoms with Crippen LogP contribution in [0.1, 0.15) is 25.3 Å². The van der Waals surface area contributed by atoms with Crippen LogP contribution in [0, 0.1) is 0 Å². The van der Waals surface area contributed by atoms with E-state index in [4.69, 9.17) is 26.2 Å². The van der Waals surface area contributed by atoms with Gasteiger partial charge in [-0.1, -0.05) is 6.07 Å². The molecule has 0 aliphatic carbocycles. The Balaban J connectivity index is 0.000000470. The number of benzene rings is 1. The van der Waals surface area contributed by atoms with Gasteiger partial charge in [-0.3, -0.25) is 14.4 Å². The molecule has 0 saturated heterocycles. The summed E-state index contributed by atoms with van der Waals surface area (Å²) in [6.07, 6.45) is -0.0782. The highest BCUT2D eigenvalue weighted by Gasteiger charge is 2.12. The first-order chi connectivity index (χ1) is 11.2. The lowest BCUT2D eigenvalue weighted by Gasteiger charge is -2.06. The summed E-state index contributed by atoms with van der Waals surface area (Å²) < 4.78 is 4.49. The minimum Gasteiger partial charge on any atom is -0.504 e. The van der Waals surface area contributed by atoms with Crippen molar-refractivity contribution < 1.29 is 39.5 Å². The second kappa shape index (κ2) is 10.8. The number of esters is 1. The summed E-state index contributed by atoms with van der Waals surface area (Å²) in [5.74, 6) is -3.05. The van der Waals surface area contributed by atoms with Crippen molar-refractivity contribution in [3.63, 3.8) is 0 Å². The fourth-order valence-electron chi connectivity index (χ4n) is 1.48. The number of carboxylic acids is 2. The highest BCUT2D eigenvalue weighted by atomic mass is 16.5. The zero-order valence-corrected chi connectivity index (χ0v) is 13.1. The largest absolute Gasteiger partial charge is 0.504 e. The Labute approximate surface area is 138 Å². The van der Waals surface area contributed by atoms with Crippen molar-refractivity contribution in [1.29, 1.82) is 0 Å². The first-order valence-corrected chi connectivity index (χ1v) is 7.04. The van der Waals surface area contributed by atoms with Gasteiger partial charge >= 0.3 is 17.9 Å². The second-order valence-corrected chi connectivity index (χ2v) is 4.67. The van der Waals surface area contributed by atoms with Crippen LogP contribution in [0.4, 0.5) is 0 Å².